The Kier molecular flexibility index (Phi) is 5.45. The highest BCUT2D eigenvalue weighted by atomic mass is 16.5. The van der Waals surface area contributed by atoms with E-state index < -0.39 is 5.97 Å². The number of rotatable bonds is 6. The molecule has 0 fully saturated rings. The van der Waals surface area contributed by atoms with Gasteiger partial charge in [0.15, 0.2) is 18.0 Å². The van der Waals surface area contributed by atoms with Crippen LogP contribution < -0.4 is 19.8 Å². The van der Waals surface area contributed by atoms with Gasteiger partial charge in [0, 0.05) is 5.56 Å². The molecule has 0 aliphatic carbocycles. The first-order chi connectivity index (χ1) is 13.0. The van der Waals surface area contributed by atoms with Gasteiger partial charge in [-0.15, -0.1) is 0 Å². The second-order valence-electron chi connectivity index (χ2n) is 6.16. The number of nitrogens with one attached hydrogen (secondary N) is 1. The molecule has 27 heavy (non-hydrogen) atoms. The van der Waals surface area contributed by atoms with Gasteiger partial charge in [-0.1, -0.05) is 11.6 Å². The lowest BCUT2D eigenvalue weighted by atomic mass is 10.1. The highest BCUT2D eigenvalue weighted by Crippen LogP contribution is 2.32. The van der Waals surface area contributed by atoms with Crippen molar-refractivity contribution in [1.82, 2.24) is 0 Å². The summed E-state index contributed by atoms with van der Waals surface area (Å²) in [6.45, 7) is 2.33. The fourth-order valence-corrected chi connectivity index (χ4v) is 2.88. The molecule has 0 radical (unpaired) electrons. The normalized spacial score (nSPS) is 11.6. The first kappa shape index (κ1) is 18.5. The second kappa shape index (κ2) is 7.95. The van der Waals surface area contributed by atoms with Gasteiger partial charge in [0.05, 0.1) is 25.7 Å². The minimum absolute atomic E-state index is 0.0328. The molecule has 0 spiro atoms. The van der Waals surface area contributed by atoms with Crippen molar-refractivity contribution in [2.75, 3.05) is 20.8 Å². The zero-order valence-electron chi connectivity index (χ0n) is 15.5. The van der Waals surface area contributed by atoms with Crippen molar-refractivity contribution in [2.45, 2.75) is 13.3 Å². The third-order valence-electron chi connectivity index (χ3n) is 4.24. The van der Waals surface area contributed by atoms with E-state index in [1.165, 1.54) is 0 Å². The minimum Gasteiger partial charge on any atom is -0.493 e. The van der Waals surface area contributed by atoms with Gasteiger partial charge in [0.2, 0.25) is 5.36 Å². The molecule has 2 aromatic carbocycles. The van der Waals surface area contributed by atoms with Crippen molar-refractivity contribution in [1.29, 1.82) is 0 Å². The van der Waals surface area contributed by atoms with Crippen molar-refractivity contribution >= 4 is 16.9 Å². The SMILES string of the molecule is COc1ccc(-c2cc(=[NH+]CCC(=O)O)c3cc(C)ccc3o2)cc1OC. The van der Waals surface area contributed by atoms with E-state index in [-0.39, 0.29) is 6.42 Å². The van der Waals surface area contributed by atoms with Gasteiger partial charge in [-0.2, -0.15) is 0 Å². The third-order valence-corrected chi connectivity index (χ3v) is 4.24. The predicted molar refractivity (Wildman–Crippen MR) is 101 cm³/mol. The van der Waals surface area contributed by atoms with Crippen LogP contribution in [0.15, 0.2) is 46.9 Å². The van der Waals surface area contributed by atoms with Crippen LogP contribution in [0.1, 0.15) is 12.0 Å². The number of aliphatic carboxylic acids is 1. The molecule has 0 saturated carbocycles. The van der Waals surface area contributed by atoms with Crippen molar-refractivity contribution in [3.8, 4) is 22.8 Å². The van der Waals surface area contributed by atoms with Gasteiger partial charge in [-0.3, -0.25) is 4.79 Å². The predicted octanol–water partition coefficient (Wildman–Crippen LogP) is 1.88. The Balaban J connectivity index is 2.17. The van der Waals surface area contributed by atoms with Crippen LogP contribution in [0.25, 0.3) is 22.3 Å². The number of carboxylic acids is 1. The summed E-state index contributed by atoms with van der Waals surface area (Å²) in [6.07, 6.45) is 0.0328. The van der Waals surface area contributed by atoms with E-state index in [9.17, 15) is 4.79 Å². The van der Waals surface area contributed by atoms with Crippen molar-refractivity contribution in [2.24, 2.45) is 0 Å². The molecule has 1 heterocycles. The van der Waals surface area contributed by atoms with Crippen LogP contribution >= 0.6 is 0 Å². The summed E-state index contributed by atoms with van der Waals surface area (Å²) in [5, 5.41) is 10.6. The average Bonchev–Trinajstić information content (AvgIpc) is 2.67. The zero-order chi connectivity index (χ0) is 19.4. The Morgan fingerprint density at radius 3 is 2.56 bits per heavy atom. The van der Waals surface area contributed by atoms with Gasteiger partial charge < -0.3 is 19.0 Å². The second-order valence-corrected chi connectivity index (χ2v) is 6.16. The summed E-state index contributed by atoms with van der Waals surface area (Å²) in [4.78, 5) is 14.1. The van der Waals surface area contributed by atoms with Gasteiger partial charge in [-0.05, 0) is 37.3 Å². The molecule has 6 heteroatoms. The fourth-order valence-electron chi connectivity index (χ4n) is 2.88. The number of carboxylic acid groups (broad SMARTS) is 1. The van der Waals surface area contributed by atoms with Crippen molar-refractivity contribution in [3.05, 3.63) is 53.4 Å². The molecule has 3 aromatic rings. The number of benzene rings is 2. The molecule has 0 bridgehead atoms. The fraction of sp³-hybridized carbons (Fsp3) is 0.238. The van der Waals surface area contributed by atoms with Crippen LogP contribution in [0.2, 0.25) is 0 Å². The molecule has 3 rings (SSSR count). The zero-order valence-corrected chi connectivity index (χ0v) is 15.5. The van der Waals surface area contributed by atoms with Gasteiger partial charge in [0.1, 0.15) is 17.8 Å². The summed E-state index contributed by atoms with van der Waals surface area (Å²) >= 11 is 0. The molecule has 2 N–H and O–H groups in total. The maximum absolute atomic E-state index is 10.8. The largest absolute Gasteiger partial charge is 0.493 e. The molecule has 0 amide bonds. The van der Waals surface area contributed by atoms with E-state index in [0.29, 0.717) is 29.4 Å². The first-order valence-corrected chi connectivity index (χ1v) is 8.57. The van der Waals surface area contributed by atoms with E-state index in [1.807, 2.05) is 49.4 Å². The summed E-state index contributed by atoms with van der Waals surface area (Å²) in [6, 6.07) is 13.3. The van der Waals surface area contributed by atoms with Crippen LogP contribution in [0, 0.1) is 6.92 Å². The number of hydrogen-bond acceptors (Lipinski definition) is 4. The number of ether oxygens (including phenoxy) is 2. The number of hydrogen-bond donors (Lipinski definition) is 2. The lowest BCUT2D eigenvalue weighted by Gasteiger charge is -2.09. The minimum atomic E-state index is -0.844. The van der Waals surface area contributed by atoms with Crippen LogP contribution in [0.3, 0.4) is 0 Å². The van der Waals surface area contributed by atoms with E-state index in [0.717, 1.165) is 21.9 Å². The first-order valence-electron chi connectivity index (χ1n) is 8.57. The highest BCUT2D eigenvalue weighted by Gasteiger charge is 2.12. The number of aryl methyl sites for hydroxylation is 1. The van der Waals surface area contributed by atoms with Crippen LogP contribution in [0.4, 0.5) is 0 Å². The quantitative estimate of drug-likeness (QED) is 0.694. The molecular formula is C21H22NO5+. The maximum atomic E-state index is 10.8. The molecular weight excluding hydrogens is 346 g/mol. The Morgan fingerprint density at radius 2 is 1.85 bits per heavy atom. The molecule has 140 valence electrons. The van der Waals surface area contributed by atoms with E-state index in [4.69, 9.17) is 19.0 Å². The van der Waals surface area contributed by atoms with Crippen LogP contribution in [-0.4, -0.2) is 31.8 Å². The van der Waals surface area contributed by atoms with Gasteiger partial charge in [0.25, 0.3) is 0 Å². The maximum Gasteiger partial charge on any atom is 0.309 e. The smallest absolute Gasteiger partial charge is 0.309 e. The Hall–Kier alpha value is -3.28. The number of fused-ring (bicyclic) bond motifs is 1. The van der Waals surface area contributed by atoms with E-state index in [2.05, 4.69) is 4.99 Å². The lowest BCUT2D eigenvalue weighted by Crippen LogP contribution is -2.77. The van der Waals surface area contributed by atoms with Gasteiger partial charge >= 0.3 is 5.97 Å². The lowest BCUT2D eigenvalue weighted by molar-refractivity contribution is -0.498. The topological polar surface area (TPSA) is 82.9 Å². The number of methoxy groups -OCH3 is 2. The van der Waals surface area contributed by atoms with E-state index in [1.54, 1.807) is 14.2 Å². The summed E-state index contributed by atoms with van der Waals surface area (Å²) in [5.74, 6) is 1.04. The Bertz CT molecular complexity index is 1050. The Morgan fingerprint density at radius 1 is 1.07 bits per heavy atom. The summed E-state index contributed by atoms with van der Waals surface area (Å²) < 4.78 is 16.8. The van der Waals surface area contributed by atoms with Crippen LogP contribution in [-0.2, 0) is 4.79 Å². The van der Waals surface area contributed by atoms with Crippen molar-refractivity contribution in [3.63, 3.8) is 0 Å². The number of carbonyl (C=O) groups is 1. The molecule has 0 unspecified atom stereocenters. The molecule has 6 nitrogen and oxygen atoms in total. The Labute approximate surface area is 156 Å². The molecule has 0 aliphatic heterocycles. The molecule has 0 saturated heterocycles. The van der Waals surface area contributed by atoms with Gasteiger partial charge in [-0.25, -0.2) is 4.99 Å². The summed E-state index contributed by atoms with van der Waals surface area (Å²) in [7, 11) is 3.17. The standard InChI is InChI=1S/C21H21NO5/c1-13-4-6-17-15(10-13)16(22-9-8-21(23)24)12-19(27-17)14-5-7-18(25-2)20(11-14)26-3/h4-7,10-12H,8-9H2,1-3H3,(H,23,24)/p+1. The molecule has 0 aliphatic rings. The van der Waals surface area contributed by atoms with E-state index >= 15 is 0 Å². The third kappa shape index (κ3) is 4.11. The highest BCUT2D eigenvalue weighted by molar-refractivity contribution is 5.79. The molecule has 1 aromatic heterocycles. The monoisotopic (exact) mass is 368 g/mol. The summed E-state index contributed by atoms with van der Waals surface area (Å²) in [5.41, 5.74) is 2.64. The van der Waals surface area contributed by atoms with Crippen molar-refractivity contribution < 1.29 is 28.8 Å². The molecule has 0 atom stereocenters. The van der Waals surface area contributed by atoms with Crippen LogP contribution in [0.5, 0.6) is 11.5 Å². The average molecular weight is 368 g/mol.